The third-order valence-corrected chi connectivity index (χ3v) is 4.18. The molecule has 18 heavy (non-hydrogen) atoms. The van der Waals surface area contributed by atoms with Crippen molar-refractivity contribution < 1.29 is 0 Å². The Balaban J connectivity index is 2.06. The van der Waals surface area contributed by atoms with E-state index in [0.717, 1.165) is 10.9 Å². The zero-order chi connectivity index (χ0) is 13.1. The molecule has 1 unspecified atom stereocenters. The minimum atomic E-state index is 0.0478. The van der Waals surface area contributed by atoms with E-state index in [-0.39, 0.29) is 6.04 Å². The van der Waals surface area contributed by atoms with Gasteiger partial charge in [-0.3, -0.25) is 0 Å². The fourth-order valence-corrected chi connectivity index (χ4v) is 2.81. The predicted octanol–water partition coefficient (Wildman–Crippen LogP) is 2.83. The van der Waals surface area contributed by atoms with E-state index >= 15 is 0 Å². The molecule has 2 N–H and O–H groups in total. The third kappa shape index (κ3) is 2.94. The van der Waals surface area contributed by atoms with Crippen LogP contribution >= 0.6 is 11.8 Å². The Morgan fingerprint density at radius 1 is 1.39 bits per heavy atom. The smallest absolute Gasteiger partial charge is 0.167 e. The molecule has 0 aliphatic rings. The summed E-state index contributed by atoms with van der Waals surface area (Å²) < 4.78 is 2.01. The maximum absolute atomic E-state index is 6.27. The lowest BCUT2D eigenvalue weighted by Crippen LogP contribution is -2.15. The van der Waals surface area contributed by atoms with Crippen LogP contribution in [0.15, 0.2) is 35.7 Å². The summed E-state index contributed by atoms with van der Waals surface area (Å²) in [4.78, 5) is 4.29. The second-order valence-corrected chi connectivity index (χ2v) is 5.59. The number of hydrogen-bond donors (Lipinski definition) is 1. The number of thioether (sulfide) groups is 1. The second-order valence-electron chi connectivity index (χ2n) is 4.60. The van der Waals surface area contributed by atoms with Crippen LogP contribution in [0.5, 0.6) is 0 Å². The first-order chi connectivity index (χ1) is 8.58. The molecule has 1 atom stereocenters. The van der Waals surface area contributed by atoms with Crippen LogP contribution in [0.2, 0.25) is 0 Å². The van der Waals surface area contributed by atoms with E-state index in [9.17, 15) is 0 Å². The van der Waals surface area contributed by atoms with Gasteiger partial charge < -0.3 is 10.3 Å². The molecule has 0 saturated carbocycles. The molecule has 1 heterocycles. The van der Waals surface area contributed by atoms with Crippen LogP contribution in [0.4, 0.5) is 0 Å². The number of aryl methyl sites for hydroxylation is 3. The molecule has 0 amide bonds. The fraction of sp³-hybridized carbons (Fsp3) is 0.357. The molecule has 0 radical (unpaired) electrons. The summed E-state index contributed by atoms with van der Waals surface area (Å²) in [5.41, 5.74) is 10.0. The zero-order valence-electron chi connectivity index (χ0n) is 11.1. The van der Waals surface area contributed by atoms with Gasteiger partial charge in [0.1, 0.15) is 0 Å². The lowest BCUT2D eigenvalue weighted by atomic mass is 10.0. The molecule has 0 bridgehead atoms. The van der Waals surface area contributed by atoms with E-state index in [1.54, 1.807) is 11.8 Å². The van der Waals surface area contributed by atoms with Crippen LogP contribution in [0, 0.1) is 13.8 Å². The van der Waals surface area contributed by atoms with Gasteiger partial charge in [0.25, 0.3) is 0 Å². The van der Waals surface area contributed by atoms with Gasteiger partial charge in [0.05, 0.1) is 0 Å². The largest absolute Gasteiger partial charge is 0.329 e. The van der Waals surface area contributed by atoms with E-state index in [0.29, 0.717) is 0 Å². The predicted molar refractivity (Wildman–Crippen MR) is 76.8 cm³/mol. The molecule has 0 saturated heterocycles. The molecular weight excluding hydrogens is 242 g/mol. The zero-order valence-corrected chi connectivity index (χ0v) is 11.9. The molecule has 2 aromatic rings. The minimum Gasteiger partial charge on any atom is -0.329 e. The van der Waals surface area contributed by atoms with E-state index < -0.39 is 0 Å². The highest BCUT2D eigenvalue weighted by Gasteiger charge is 2.11. The number of benzene rings is 1. The van der Waals surface area contributed by atoms with Gasteiger partial charge in [-0.15, -0.1) is 0 Å². The number of rotatable bonds is 4. The van der Waals surface area contributed by atoms with Crippen molar-refractivity contribution in [2.75, 3.05) is 5.75 Å². The Kier molecular flexibility index (Phi) is 4.09. The maximum Gasteiger partial charge on any atom is 0.167 e. The van der Waals surface area contributed by atoms with E-state index in [4.69, 9.17) is 5.73 Å². The van der Waals surface area contributed by atoms with Gasteiger partial charge in [0.2, 0.25) is 0 Å². The SMILES string of the molecule is Cc1ccc(C)c(C(N)CSc2nccn2C)c1. The lowest BCUT2D eigenvalue weighted by Gasteiger charge is -2.15. The van der Waals surface area contributed by atoms with E-state index in [1.165, 1.54) is 16.7 Å². The first-order valence-corrected chi connectivity index (χ1v) is 6.99. The Hall–Kier alpha value is -1.26. The Labute approximate surface area is 112 Å². The summed E-state index contributed by atoms with van der Waals surface area (Å²) in [6.45, 7) is 4.21. The molecule has 3 nitrogen and oxygen atoms in total. The number of imidazole rings is 1. The van der Waals surface area contributed by atoms with Crippen molar-refractivity contribution in [2.45, 2.75) is 25.0 Å². The number of aromatic nitrogens is 2. The second kappa shape index (κ2) is 5.59. The first kappa shape index (κ1) is 13.2. The molecule has 0 aliphatic heterocycles. The van der Waals surface area contributed by atoms with Crippen molar-refractivity contribution in [3.8, 4) is 0 Å². The van der Waals surface area contributed by atoms with Crippen molar-refractivity contribution in [3.05, 3.63) is 47.3 Å². The van der Waals surface area contributed by atoms with Gasteiger partial charge in [0, 0.05) is 31.2 Å². The Bertz CT molecular complexity index is 534. The van der Waals surface area contributed by atoms with Crippen molar-refractivity contribution in [1.29, 1.82) is 0 Å². The van der Waals surface area contributed by atoms with Crippen molar-refractivity contribution in [1.82, 2.24) is 9.55 Å². The quantitative estimate of drug-likeness (QED) is 0.861. The number of nitrogens with zero attached hydrogens (tertiary/aromatic N) is 2. The molecule has 0 fully saturated rings. The lowest BCUT2D eigenvalue weighted by molar-refractivity contribution is 0.778. The summed E-state index contributed by atoms with van der Waals surface area (Å²) in [5.74, 6) is 0.842. The molecule has 1 aromatic carbocycles. The monoisotopic (exact) mass is 261 g/mol. The summed E-state index contributed by atoms with van der Waals surface area (Å²) in [7, 11) is 2.00. The van der Waals surface area contributed by atoms with E-state index in [2.05, 4.69) is 37.0 Å². The van der Waals surface area contributed by atoms with Gasteiger partial charge in [-0.1, -0.05) is 35.5 Å². The molecule has 2 rings (SSSR count). The molecular formula is C14H19N3S. The van der Waals surface area contributed by atoms with Gasteiger partial charge >= 0.3 is 0 Å². The van der Waals surface area contributed by atoms with Crippen LogP contribution < -0.4 is 5.73 Å². The fourth-order valence-electron chi connectivity index (χ4n) is 1.90. The summed E-state index contributed by atoms with van der Waals surface area (Å²) >= 11 is 1.70. The summed E-state index contributed by atoms with van der Waals surface area (Å²) in [6, 6.07) is 6.48. The van der Waals surface area contributed by atoms with Gasteiger partial charge in [-0.2, -0.15) is 0 Å². The number of nitrogens with two attached hydrogens (primary N) is 1. The minimum absolute atomic E-state index is 0.0478. The molecule has 1 aromatic heterocycles. The van der Waals surface area contributed by atoms with Crippen LogP contribution in [0.3, 0.4) is 0 Å². The third-order valence-electron chi connectivity index (χ3n) is 3.00. The highest BCUT2D eigenvalue weighted by atomic mass is 32.2. The van der Waals surface area contributed by atoms with Crippen molar-refractivity contribution >= 4 is 11.8 Å². The van der Waals surface area contributed by atoms with Crippen molar-refractivity contribution in [3.63, 3.8) is 0 Å². The van der Waals surface area contributed by atoms with Gasteiger partial charge in [-0.05, 0) is 25.0 Å². The van der Waals surface area contributed by atoms with Crippen LogP contribution in [0.1, 0.15) is 22.7 Å². The molecule has 0 spiro atoms. The Morgan fingerprint density at radius 2 is 2.17 bits per heavy atom. The molecule has 4 heteroatoms. The maximum atomic E-state index is 6.27. The molecule has 96 valence electrons. The highest BCUT2D eigenvalue weighted by molar-refractivity contribution is 7.99. The van der Waals surface area contributed by atoms with Crippen molar-refractivity contribution in [2.24, 2.45) is 12.8 Å². The van der Waals surface area contributed by atoms with E-state index in [1.807, 2.05) is 24.0 Å². The van der Waals surface area contributed by atoms with Gasteiger partial charge in [0.15, 0.2) is 5.16 Å². The summed E-state index contributed by atoms with van der Waals surface area (Å²) in [5, 5.41) is 1.01. The van der Waals surface area contributed by atoms with Crippen LogP contribution in [-0.4, -0.2) is 15.3 Å². The summed E-state index contributed by atoms with van der Waals surface area (Å²) in [6.07, 6.45) is 3.76. The average Bonchev–Trinajstić information content (AvgIpc) is 2.75. The van der Waals surface area contributed by atoms with Crippen LogP contribution in [-0.2, 0) is 7.05 Å². The van der Waals surface area contributed by atoms with Crippen LogP contribution in [0.25, 0.3) is 0 Å². The first-order valence-electron chi connectivity index (χ1n) is 6.01. The highest BCUT2D eigenvalue weighted by Crippen LogP contribution is 2.24. The number of hydrogen-bond acceptors (Lipinski definition) is 3. The Morgan fingerprint density at radius 3 is 2.83 bits per heavy atom. The normalized spacial score (nSPS) is 12.7. The molecule has 0 aliphatic carbocycles. The van der Waals surface area contributed by atoms with Gasteiger partial charge in [-0.25, -0.2) is 4.98 Å². The standard InChI is InChI=1S/C14H19N3S/c1-10-4-5-11(2)12(8-10)13(15)9-18-14-16-6-7-17(14)3/h4-8,13H,9,15H2,1-3H3. The average molecular weight is 261 g/mol. The topological polar surface area (TPSA) is 43.8 Å².